The molecule has 0 radical (unpaired) electrons. The van der Waals surface area contributed by atoms with E-state index in [-0.39, 0.29) is 23.1 Å². The number of nitro groups is 1. The summed E-state index contributed by atoms with van der Waals surface area (Å²) in [7, 11) is 0. The van der Waals surface area contributed by atoms with E-state index < -0.39 is 4.92 Å². The van der Waals surface area contributed by atoms with Crippen molar-refractivity contribution in [1.82, 2.24) is 9.97 Å². The first-order valence-corrected chi connectivity index (χ1v) is 6.61. The maximum atomic E-state index is 11.1. The molecular weight excluding hydrogens is 262 g/mol. The fourth-order valence-electron chi connectivity index (χ4n) is 2.11. The molecule has 2 N–H and O–H groups in total. The van der Waals surface area contributed by atoms with Crippen molar-refractivity contribution in [2.24, 2.45) is 0 Å². The molecule has 20 heavy (non-hydrogen) atoms. The van der Waals surface area contributed by atoms with Crippen LogP contribution in [0.2, 0.25) is 0 Å². The highest BCUT2D eigenvalue weighted by Crippen LogP contribution is 2.32. The molecule has 1 aliphatic heterocycles. The molecule has 2 rings (SSSR count). The Bertz CT molecular complexity index is 510. The topological polar surface area (TPSA) is 102 Å². The van der Waals surface area contributed by atoms with Crippen LogP contribution in [0.4, 0.5) is 17.5 Å². The van der Waals surface area contributed by atoms with Crippen molar-refractivity contribution in [1.29, 1.82) is 0 Å². The molecule has 1 aliphatic rings. The van der Waals surface area contributed by atoms with Crippen LogP contribution in [0.1, 0.15) is 27.2 Å². The van der Waals surface area contributed by atoms with Gasteiger partial charge < -0.3 is 15.4 Å². The van der Waals surface area contributed by atoms with Gasteiger partial charge >= 0.3 is 5.69 Å². The van der Waals surface area contributed by atoms with Crippen LogP contribution in [-0.4, -0.2) is 39.7 Å². The van der Waals surface area contributed by atoms with Crippen LogP contribution in [0.3, 0.4) is 0 Å². The van der Waals surface area contributed by atoms with Gasteiger partial charge in [-0.25, -0.2) is 4.98 Å². The Labute approximate surface area is 117 Å². The van der Waals surface area contributed by atoms with Crippen LogP contribution < -0.4 is 10.6 Å². The monoisotopic (exact) mass is 281 g/mol. The third-order valence-electron chi connectivity index (χ3n) is 3.59. The molecule has 0 spiro atoms. The highest BCUT2D eigenvalue weighted by Gasteiger charge is 2.38. The summed E-state index contributed by atoms with van der Waals surface area (Å²) >= 11 is 0. The molecule has 110 valence electrons. The maximum Gasteiger partial charge on any atom is 0.329 e. The van der Waals surface area contributed by atoms with Crippen molar-refractivity contribution in [3.63, 3.8) is 0 Å². The average molecular weight is 281 g/mol. The average Bonchev–Trinajstić information content (AvgIpc) is 2.69. The highest BCUT2D eigenvalue weighted by atomic mass is 16.6. The first kappa shape index (κ1) is 14.4. The van der Waals surface area contributed by atoms with Crippen LogP contribution in [0.25, 0.3) is 0 Å². The molecule has 1 fully saturated rings. The molecule has 0 aromatic carbocycles. The van der Waals surface area contributed by atoms with Crippen LogP contribution in [0.5, 0.6) is 0 Å². The quantitative estimate of drug-likeness (QED) is 0.626. The molecule has 0 aliphatic carbocycles. The van der Waals surface area contributed by atoms with Gasteiger partial charge in [0.15, 0.2) is 0 Å². The van der Waals surface area contributed by atoms with Crippen molar-refractivity contribution in [3.05, 3.63) is 16.3 Å². The van der Waals surface area contributed by atoms with E-state index in [1.54, 1.807) is 0 Å². The minimum absolute atomic E-state index is 0.0420. The number of ether oxygens (including phenoxy) is 1. The smallest absolute Gasteiger partial charge is 0.329 e. The normalized spacial score (nSPS) is 25.4. The van der Waals surface area contributed by atoms with Crippen molar-refractivity contribution in [2.45, 2.75) is 38.8 Å². The molecule has 0 bridgehead atoms. The van der Waals surface area contributed by atoms with Gasteiger partial charge in [-0.2, -0.15) is 4.98 Å². The lowest BCUT2D eigenvalue weighted by molar-refractivity contribution is -0.384. The second-order valence-electron chi connectivity index (χ2n) is 5.02. The fourth-order valence-corrected chi connectivity index (χ4v) is 2.11. The third-order valence-corrected chi connectivity index (χ3v) is 3.59. The molecule has 2 unspecified atom stereocenters. The summed E-state index contributed by atoms with van der Waals surface area (Å²) in [4.78, 5) is 18.7. The summed E-state index contributed by atoms with van der Waals surface area (Å²) < 4.78 is 5.53. The molecule has 2 atom stereocenters. The van der Waals surface area contributed by atoms with Crippen LogP contribution in [0.15, 0.2) is 6.20 Å². The van der Waals surface area contributed by atoms with E-state index in [1.165, 1.54) is 6.20 Å². The van der Waals surface area contributed by atoms with Gasteiger partial charge in [0.2, 0.25) is 11.8 Å². The lowest BCUT2D eigenvalue weighted by Gasteiger charge is -2.29. The predicted molar refractivity (Wildman–Crippen MR) is 74.9 cm³/mol. The first-order chi connectivity index (χ1) is 9.46. The van der Waals surface area contributed by atoms with E-state index in [1.807, 2.05) is 20.8 Å². The van der Waals surface area contributed by atoms with Crippen LogP contribution in [-0.2, 0) is 4.74 Å². The Morgan fingerprint density at radius 3 is 2.95 bits per heavy atom. The summed E-state index contributed by atoms with van der Waals surface area (Å²) in [5.41, 5.74) is -0.505. The van der Waals surface area contributed by atoms with Gasteiger partial charge in [0.05, 0.1) is 16.6 Å². The minimum Gasteiger partial charge on any atom is -0.376 e. The molecule has 8 nitrogen and oxygen atoms in total. The second kappa shape index (κ2) is 5.58. The lowest BCUT2D eigenvalue weighted by Crippen LogP contribution is -2.41. The van der Waals surface area contributed by atoms with E-state index in [2.05, 4.69) is 20.6 Å². The van der Waals surface area contributed by atoms with E-state index in [0.29, 0.717) is 19.1 Å². The molecule has 0 saturated carbocycles. The molecule has 0 amide bonds. The SMILES string of the molecule is CCNc1ncc([N+](=O)[O-])c(NC2(C)CCOC2C)n1. The van der Waals surface area contributed by atoms with Gasteiger partial charge in [-0.05, 0) is 27.2 Å². The van der Waals surface area contributed by atoms with E-state index in [9.17, 15) is 10.1 Å². The number of rotatable bonds is 5. The van der Waals surface area contributed by atoms with Crippen LogP contribution in [0, 0.1) is 10.1 Å². The summed E-state index contributed by atoms with van der Waals surface area (Å²) in [6.45, 7) is 7.10. The number of aromatic nitrogens is 2. The molecule has 1 aromatic heterocycles. The van der Waals surface area contributed by atoms with Crippen molar-refractivity contribution >= 4 is 17.5 Å². The third kappa shape index (κ3) is 2.79. The van der Waals surface area contributed by atoms with Gasteiger partial charge in [0.25, 0.3) is 0 Å². The second-order valence-corrected chi connectivity index (χ2v) is 5.02. The standard InChI is InChI=1S/C12H19N5O3/c1-4-13-11-14-7-9(17(18)19)10(15-11)16-12(3)5-6-20-8(12)2/h7-8H,4-6H2,1-3H3,(H2,13,14,15,16). The zero-order chi connectivity index (χ0) is 14.8. The number of nitrogens with zero attached hydrogens (tertiary/aromatic N) is 3. The summed E-state index contributed by atoms with van der Waals surface area (Å²) in [5, 5.41) is 17.2. The van der Waals surface area contributed by atoms with Gasteiger partial charge in [0, 0.05) is 13.2 Å². The predicted octanol–water partition coefficient (Wildman–Crippen LogP) is 1.80. The van der Waals surface area contributed by atoms with E-state index >= 15 is 0 Å². The van der Waals surface area contributed by atoms with Gasteiger partial charge in [-0.15, -0.1) is 0 Å². The molecular formula is C12H19N5O3. The van der Waals surface area contributed by atoms with Crippen LogP contribution >= 0.6 is 0 Å². The summed E-state index contributed by atoms with van der Waals surface area (Å²) in [5.74, 6) is 0.594. The van der Waals surface area contributed by atoms with Gasteiger partial charge in [0.1, 0.15) is 6.20 Å². The molecule has 2 heterocycles. The van der Waals surface area contributed by atoms with Crippen molar-refractivity contribution in [2.75, 3.05) is 23.8 Å². The highest BCUT2D eigenvalue weighted by molar-refractivity contribution is 5.58. The minimum atomic E-state index is -0.484. The zero-order valence-electron chi connectivity index (χ0n) is 11.8. The van der Waals surface area contributed by atoms with Crippen molar-refractivity contribution < 1.29 is 9.66 Å². The molecule has 8 heteroatoms. The van der Waals surface area contributed by atoms with E-state index in [0.717, 1.165) is 6.42 Å². The van der Waals surface area contributed by atoms with Gasteiger partial charge in [-0.1, -0.05) is 0 Å². The maximum absolute atomic E-state index is 11.1. The van der Waals surface area contributed by atoms with Gasteiger partial charge in [-0.3, -0.25) is 10.1 Å². The number of anilines is 2. The first-order valence-electron chi connectivity index (χ1n) is 6.61. The number of nitrogens with one attached hydrogen (secondary N) is 2. The summed E-state index contributed by atoms with van der Waals surface area (Å²) in [6, 6.07) is 0. The zero-order valence-corrected chi connectivity index (χ0v) is 11.8. The Morgan fingerprint density at radius 1 is 1.65 bits per heavy atom. The Hall–Kier alpha value is -1.96. The Kier molecular flexibility index (Phi) is 4.03. The Balaban J connectivity index is 2.32. The summed E-state index contributed by atoms with van der Waals surface area (Å²) in [6.07, 6.45) is 1.95. The molecule has 1 aromatic rings. The van der Waals surface area contributed by atoms with E-state index in [4.69, 9.17) is 4.74 Å². The molecule has 1 saturated heterocycles. The fraction of sp³-hybridized carbons (Fsp3) is 0.667. The van der Waals surface area contributed by atoms with Crippen molar-refractivity contribution in [3.8, 4) is 0 Å². The lowest BCUT2D eigenvalue weighted by atomic mass is 9.95. The Morgan fingerprint density at radius 2 is 2.40 bits per heavy atom. The number of hydrogen-bond acceptors (Lipinski definition) is 7. The largest absolute Gasteiger partial charge is 0.376 e. The number of hydrogen-bond donors (Lipinski definition) is 2.